The maximum atomic E-state index is 13.5. The molecular formula is C26H23Cl2N3O4. The normalized spacial score (nSPS) is 15.5. The van der Waals surface area contributed by atoms with Crippen LogP contribution >= 0.6 is 23.2 Å². The number of carbonyl (C=O) groups is 3. The van der Waals surface area contributed by atoms with E-state index in [4.69, 9.17) is 33.7 Å². The fraction of sp³-hybridized carbons (Fsp3) is 0.192. The minimum atomic E-state index is -1.01. The number of imide groups is 1. The van der Waals surface area contributed by atoms with Crippen molar-refractivity contribution in [3.05, 3.63) is 76.3 Å². The number of amides is 3. The van der Waals surface area contributed by atoms with Gasteiger partial charge in [-0.1, -0.05) is 53.5 Å². The second kappa shape index (κ2) is 9.98. The molecule has 1 unspecified atom stereocenters. The number of hydrogen-bond donors (Lipinski definition) is 2. The van der Waals surface area contributed by atoms with Gasteiger partial charge in [0, 0.05) is 17.3 Å². The molecule has 3 amide bonds. The highest BCUT2D eigenvalue weighted by Gasteiger charge is 2.37. The van der Waals surface area contributed by atoms with Gasteiger partial charge in [-0.15, -0.1) is 0 Å². The molecule has 1 heterocycles. The van der Waals surface area contributed by atoms with Crippen LogP contribution in [0.4, 0.5) is 11.4 Å². The summed E-state index contributed by atoms with van der Waals surface area (Å²) in [5.74, 6) is -1.76. The van der Waals surface area contributed by atoms with Gasteiger partial charge in [-0.3, -0.25) is 14.4 Å². The molecule has 2 atom stereocenters. The molecule has 0 saturated carbocycles. The summed E-state index contributed by atoms with van der Waals surface area (Å²) in [5.41, 5.74) is 9.30. The van der Waals surface area contributed by atoms with Crippen LogP contribution in [0.15, 0.2) is 60.7 Å². The van der Waals surface area contributed by atoms with Gasteiger partial charge >= 0.3 is 0 Å². The zero-order chi connectivity index (χ0) is 25.3. The molecule has 180 valence electrons. The first-order chi connectivity index (χ1) is 16.7. The van der Waals surface area contributed by atoms with E-state index in [9.17, 15) is 14.4 Å². The highest BCUT2D eigenvalue weighted by Crippen LogP contribution is 2.44. The monoisotopic (exact) mass is 511 g/mol. The highest BCUT2D eigenvalue weighted by molar-refractivity contribution is 6.42. The van der Waals surface area contributed by atoms with E-state index in [-0.39, 0.29) is 6.61 Å². The van der Waals surface area contributed by atoms with Gasteiger partial charge in [0.25, 0.3) is 11.8 Å². The summed E-state index contributed by atoms with van der Waals surface area (Å²) in [5, 5.41) is 3.25. The molecule has 0 fully saturated rings. The molecule has 0 radical (unpaired) electrons. The number of anilines is 2. The molecule has 9 heteroatoms. The van der Waals surface area contributed by atoms with Crippen LogP contribution in [0.5, 0.6) is 5.75 Å². The number of ether oxygens (including phenoxy) is 1. The standard InChI is InChI=1S/C26H23Cl2N3O4/c1-14-17-6-3-4-7-18(17)24-21(29)8-5-9-22(24)31(25(14)33)26(34)15(2)30-23(32)13-35-16-10-11-19(27)20(28)12-16/h3-12,14-15H,13,29H2,1-2H3,(H,30,32)/t14?,15-/m0/s1. The van der Waals surface area contributed by atoms with E-state index in [1.54, 1.807) is 37.3 Å². The summed E-state index contributed by atoms with van der Waals surface area (Å²) < 4.78 is 5.44. The number of nitrogens with two attached hydrogens (primary N) is 1. The Balaban J connectivity index is 1.56. The maximum Gasteiger partial charge on any atom is 0.258 e. The zero-order valence-electron chi connectivity index (χ0n) is 19.0. The van der Waals surface area contributed by atoms with Crippen LogP contribution in [0.3, 0.4) is 0 Å². The van der Waals surface area contributed by atoms with E-state index in [1.807, 2.05) is 24.3 Å². The van der Waals surface area contributed by atoms with Gasteiger partial charge in [0.15, 0.2) is 6.61 Å². The molecule has 3 aromatic rings. The van der Waals surface area contributed by atoms with E-state index in [0.717, 1.165) is 16.0 Å². The van der Waals surface area contributed by atoms with Crippen LogP contribution in [0, 0.1) is 0 Å². The van der Waals surface area contributed by atoms with Crippen LogP contribution in [0.1, 0.15) is 25.3 Å². The Morgan fingerprint density at radius 3 is 2.57 bits per heavy atom. The SMILES string of the molecule is CC1C(=O)N(C(=O)[C@H](C)NC(=O)COc2ccc(Cl)c(Cl)c2)c2cccc(N)c2-c2ccccc21. The Morgan fingerprint density at radius 2 is 1.83 bits per heavy atom. The lowest BCUT2D eigenvalue weighted by Gasteiger charge is -2.26. The molecule has 0 aliphatic carbocycles. The minimum absolute atomic E-state index is 0.292. The largest absolute Gasteiger partial charge is 0.484 e. The number of carbonyl (C=O) groups excluding carboxylic acids is 3. The number of halogens is 2. The summed E-state index contributed by atoms with van der Waals surface area (Å²) >= 11 is 11.8. The van der Waals surface area contributed by atoms with Crippen LogP contribution in [-0.4, -0.2) is 30.4 Å². The first kappa shape index (κ1) is 24.6. The Bertz CT molecular complexity index is 1330. The van der Waals surface area contributed by atoms with Crippen molar-refractivity contribution in [1.82, 2.24) is 5.32 Å². The second-order valence-electron chi connectivity index (χ2n) is 8.22. The van der Waals surface area contributed by atoms with Gasteiger partial charge in [0.1, 0.15) is 11.8 Å². The minimum Gasteiger partial charge on any atom is -0.484 e. The quantitative estimate of drug-likeness (QED) is 0.478. The molecule has 35 heavy (non-hydrogen) atoms. The van der Waals surface area contributed by atoms with Crippen molar-refractivity contribution in [2.75, 3.05) is 17.2 Å². The predicted molar refractivity (Wildman–Crippen MR) is 137 cm³/mol. The molecule has 0 aromatic heterocycles. The zero-order valence-corrected chi connectivity index (χ0v) is 20.6. The van der Waals surface area contributed by atoms with Crippen molar-refractivity contribution in [2.24, 2.45) is 0 Å². The van der Waals surface area contributed by atoms with E-state index in [1.165, 1.54) is 13.0 Å². The van der Waals surface area contributed by atoms with Crippen molar-refractivity contribution in [2.45, 2.75) is 25.8 Å². The predicted octanol–water partition coefficient (Wildman–Crippen LogP) is 4.80. The summed E-state index contributed by atoms with van der Waals surface area (Å²) in [6.45, 7) is 2.91. The third-order valence-corrected chi connectivity index (χ3v) is 6.57. The van der Waals surface area contributed by atoms with E-state index < -0.39 is 29.7 Å². The molecule has 0 spiro atoms. The average molecular weight is 512 g/mol. The Morgan fingerprint density at radius 1 is 1.09 bits per heavy atom. The van der Waals surface area contributed by atoms with Crippen LogP contribution in [-0.2, 0) is 14.4 Å². The third kappa shape index (κ3) is 4.83. The number of nitrogens with one attached hydrogen (secondary N) is 1. The Hall–Kier alpha value is -3.55. The maximum absolute atomic E-state index is 13.5. The lowest BCUT2D eigenvalue weighted by atomic mass is 9.92. The van der Waals surface area contributed by atoms with E-state index >= 15 is 0 Å². The topological polar surface area (TPSA) is 102 Å². The first-order valence-electron chi connectivity index (χ1n) is 10.9. The molecule has 1 aliphatic heterocycles. The first-order valence-corrected chi connectivity index (χ1v) is 11.7. The molecular weight excluding hydrogens is 489 g/mol. The fourth-order valence-corrected chi connectivity index (χ4v) is 4.35. The summed E-state index contributed by atoms with van der Waals surface area (Å²) in [7, 11) is 0. The second-order valence-corrected chi connectivity index (χ2v) is 9.03. The van der Waals surface area contributed by atoms with Crippen molar-refractivity contribution in [3.63, 3.8) is 0 Å². The molecule has 1 aliphatic rings. The molecule has 4 rings (SSSR count). The highest BCUT2D eigenvalue weighted by atomic mass is 35.5. The lowest BCUT2D eigenvalue weighted by molar-refractivity contribution is -0.131. The van der Waals surface area contributed by atoms with Gasteiger partial charge in [-0.05, 0) is 49.2 Å². The number of fused-ring (bicyclic) bond motifs is 3. The average Bonchev–Trinajstić information content (AvgIpc) is 2.93. The van der Waals surface area contributed by atoms with Crippen molar-refractivity contribution < 1.29 is 19.1 Å². The van der Waals surface area contributed by atoms with Gasteiger partial charge in [-0.25, -0.2) is 4.90 Å². The Kier molecular flexibility index (Phi) is 7.00. The third-order valence-electron chi connectivity index (χ3n) is 5.83. The van der Waals surface area contributed by atoms with Crippen LogP contribution in [0.2, 0.25) is 10.0 Å². The van der Waals surface area contributed by atoms with Crippen molar-refractivity contribution in [1.29, 1.82) is 0 Å². The molecule has 0 saturated heterocycles. The molecule has 7 nitrogen and oxygen atoms in total. The van der Waals surface area contributed by atoms with Crippen molar-refractivity contribution >= 4 is 52.3 Å². The molecule has 0 bridgehead atoms. The lowest BCUT2D eigenvalue weighted by Crippen LogP contribution is -2.51. The number of rotatable bonds is 5. The Labute approximate surface area is 212 Å². The smallest absolute Gasteiger partial charge is 0.258 e. The molecule has 3 aromatic carbocycles. The summed E-state index contributed by atoms with van der Waals surface area (Å²) in [6.07, 6.45) is 0. The number of nitrogen functional groups attached to an aromatic ring is 1. The van der Waals surface area contributed by atoms with Gasteiger partial charge in [0.2, 0.25) is 5.91 Å². The van der Waals surface area contributed by atoms with Crippen molar-refractivity contribution in [3.8, 4) is 16.9 Å². The van der Waals surface area contributed by atoms with E-state index in [0.29, 0.717) is 32.7 Å². The van der Waals surface area contributed by atoms with Crippen LogP contribution < -0.4 is 20.7 Å². The summed E-state index contributed by atoms with van der Waals surface area (Å²) in [6, 6.07) is 16.1. The number of hydrogen-bond acceptors (Lipinski definition) is 5. The van der Waals surface area contributed by atoms with Gasteiger partial charge in [-0.2, -0.15) is 0 Å². The number of benzene rings is 3. The fourth-order valence-electron chi connectivity index (χ4n) is 4.07. The summed E-state index contributed by atoms with van der Waals surface area (Å²) in [4.78, 5) is 40.6. The number of nitrogens with zero attached hydrogens (tertiary/aromatic N) is 1. The van der Waals surface area contributed by atoms with Crippen LogP contribution in [0.25, 0.3) is 11.1 Å². The van der Waals surface area contributed by atoms with Gasteiger partial charge < -0.3 is 15.8 Å². The molecule has 3 N–H and O–H groups in total. The van der Waals surface area contributed by atoms with Gasteiger partial charge in [0.05, 0.1) is 21.7 Å². The van der Waals surface area contributed by atoms with E-state index in [2.05, 4.69) is 5.32 Å².